The molecule has 0 aliphatic heterocycles. The molecule has 1 heterocycles. The van der Waals surface area contributed by atoms with Crippen molar-refractivity contribution >= 4 is 22.4 Å². The lowest BCUT2D eigenvalue weighted by molar-refractivity contribution is 0.475. The maximum absolute atomic E-state index is 9.46. The van der Waals surface area contributed by atoms with Gasteiger partial charge in [-0.25, -0.2) is 0 Å². The molecule has 3 heteroatoms. The van der Waals surface area contributed by atoms with Crippen LogP contribution in [-0.4, -0.2) is 10.1 Å². The molecule has 0 saturated carbocycles. The van der Waals surface area contributed by atoms with E-state index < -0.39 is 0 Å². The van der Waals surface area contributed by atoms with Crippen molar-refractivity contribution in [1.29, 1.82) is 0 Å². The molecule has 0 atom stereocenters. The lowest BCUT2D eigenvalue weighted by atomic mass is 10.0. The number of hydrogen-bond acceptors (Lipinski definition) is 2. The smallest absolute Gasteiger partial charge is 0.134 e. The lowest BCUT2D eigenvalue weighted by Gasteiger charge is -2.07. The SMILES string of the molecule is Oc1ccc(-c2cncc3ccccc23)cc1Cl. The Kier molecular flexibility index (Phi) is 2.65. The molecule has 1 N–H and O–H groups in total. The highest BCUT2D eigenvalue weighted by molar-refractivity contribution is 6.32. The first-order valence-corrected chi connectivity index (χ1v) is 5.95. The Labute approximate surface area is 109 Å². The second-order valence-corrected chi connectivity index (χ2v) is 4.48. The summed E-state index contributed by atoms with van der Waals surface area (Å²) in [6, 6.07) is 13.2. The van der Waals surface area contributed by atoms with Crippen LogP contribution in [0.4, 0.5) is 0 Å². The van der Waals surface area contributed by atoms with E-state index in [0.29, 0.717) is 5.02 Å². The zero-order valence-electron chi connectivity index (χ0n) is 9.47. The molecule has 0 saturated heterocycles. The minimum atomic E-state index is 0.0913. The highest BCUT2D eigenvalue weighted by atomic mass is 35.5. The third-order valence-electron chi connectivity index (χ3n) is 2.93. The van der Waals surface area contributed by atoms with Gasteiger partial charge in [-0.05, 0) is 23.1 Å². The molecule has 88 valence electrons. The summed E-state index contributed by atoms with van der Waals surface area (Å²) in [6.07, 6.45) is 3.64. The highest BCUT2D eigenvalue weighted by Crippen LogP contribution is 2.32. The van der Waals surface area contributed by atoms with Crippen molar-refractivity contribution in [1.82, 2.24) is 4.98 Å². The van der Waals surface area contributed by atoms with Crippen molar-refractivity contribution in [2.24, 2.45) is 0 Å². The van der Waals surface area contributed by atoms with Crippen LogP contribution >= 0.6 is 11.6 Å². The molecule has 2 nitrogen and oxygen atoms in total. The molecule has 3 rings (SSSR count). The first kappa shape index (κ1) is 11.1. The molecule has 0 radical (unpaired) electrons. The van der Waals surface area contributed by atoms with E-state index in [1.54, 1.807) is 12.1 Å². The quantitative estimate of drug-likeness (QED) is 0.705. The van der Waals surface area contributed by atoms with Crippen molar-refractivity contribution in [2.45, 2.75) is 0 Å². The third-order valence-corrected chi connectivity index (χ3v) is 3.23. The van der Waals surface area contributed by atoms with Gasteiger partial charge in [0.05, 0.1) is 5.02 Å². The van der Waals surface area contributed by atoms with E-state index in [9.17, 15) is 5.11 Å². The largest absolute Gasteiger partial charge is 0.506 e. The fourth-order valence-electron chi connectivity index (χ4n) is 2.02. The van der Waals surface area contributed by atoms with Crippen LogP contribution in [0.15, 0.2) is 54.9 Å². The van der Waals surface area contributed by atoms with Gasteiger partial charge in [-0.15, -0.1) is 0 Å². The minimum absolute atomic E-state index is 0.0913. The molecule has 2 aromatic carbocycles. The number of phenolic OH excluding ortho intramolecular Hbond substituents is 1. The van der Waals surface area contributed by atoms with Gasteiger partial charge in [-0.2, -0.15) is 0 Å². The van der Waals surface area contributed by atoms with E-state index in [-0.39, 0.29) is 5.75 Å². The lowest BCUT2D eigenvalue weighted by Crippen LogP contribution is -1.83. The number of phenols is 1. The maximum atomic E-state index is 9.46. The minimum Gasteiger partial charge on any atom is -0.506 e. The van der Waals surface area contributed by atoms with Crippen molar-refractivity contribution < 1.29 is 5.11 Å². The number of nitrogens with zero attached hydrogens (tertiary/aromatic N) is 1. The number of hydrogen-bond donors (Lipinski definition) is 1. The van der Waals surface area contributed by atoms with Crippen LogP contribution in [0.3, 0.4) is 0 Å². The van der Waals surface area contributed by atoms with Gasteiger partial charge in [0.1, 0.15) is 5.75 Å². The van der Waals surface area contributed by atoms with Crippen LogP contribution in [0.1, 0.15) is 0 Å². The zero-order valence-corrected chi connectivity index (χ0v) is 10.2. The standard InChI is InChI=1S/C15H10ClNO/c16-14-7-10(5-6-15(14)18)13-9-17-8-11-3-1-2-4-12(11)13/h1-9,18H. The third kappa shape index (κ3) is 1.81. The summed E-state index contributed by atoms with van der Waals surface area (Å²) in [5, 5.41) is 12.0. The molecule has 0 spiro atoms. The molecule has 0 aliphatic carbocycles. The monoisotopic (exact) mass is 255 g/mol. The van der Waals surface area contributed by atoms with Crippen LogP contribution in [0.25, 0.3) is 21.9 Å². The number of benzene rings is 2. The fourth-order valence-corrected chi connectivity index (χ4v) is 2.20. The molecular weight excluding hydrogens is 246 g/mol. The number of halogens is 1. The van der Waals surface area contributed by atoms with Crippen LogP contribution in [0, 0.1) is 0 Å². The summed E-state index contributed by atoms with van der Waals surface area (Å²) in [7, 11) is 0. The van der Waals surface area contributed by atoms with Gasteiger partial charge in [-0.3, -0.25) is 4.98 Å². The van der Waals surface area contributed by atoms with Gasteiger partial charge in [0.25, 0.3) is 0 Å². The van der Waals surface area contributed by atoms with Crippen molar-refractivity contribution in [2.75, 3.05) is 0 Å². The van der Waals surface area contributed by atoms with E-state index in [4.69, 9.17) is 11.6 Å². The summed E-state index contributed by atoms with van der Waals surface area (Å²) in [4.78, 5) is 4.24. The highest BCUT2D eigenvalue weighted by Gasteiger charge is 2.06. The average Bonchev–Trinajstić information content (AvgIpc) is 2.41. The van der Waals surface area contributed by atoms with Gasteiger partial charge in [0.2, 0.25) is 0 Å². The molecule has 0 unspecified atom stereocenters. The number of rotatable bonds is 1. The van der Waals surface area contributed by atoms with Crippen LogP contribution < -0.4 is 0 Å². The first-order chi connectivity index (χ1) is 8.75. The Bertz CT molecular complexity index is 719. The summed E-state index contributed by atoms with van der Waals surface area (Å²) in [6.45, 7) is 0. The van der Waals surface area contributed by atoms with E-state index in [1.807, 2.05) is 42.7 Å². The van der Waals surface area contributed by atoms with Crippen molar-refractivity contribution in [3.63, 3.8) is 0 Å². The van der Waals surface area contributed by atoms with E-state index in [1.165, 1.54) is 0 Å². The molecule has 0 amide bonds. The molecule has 0 fully saturated rings. The number of aromatic nitrogens is 1. The summed E-state index contributed by atoms with van der Waals surface area (Å²) in [5.41, 5.74) is 1.96. The second kappa shape index (κ2) is 4.31. The Morgan fingerprint density at radius 1 is 1.00 bits per heavy atom. The Balaban J connectivity index is 2.28. The van der Waals surface area contributed by atoms with Gasteiger partial charge in [0, 0.05) is 23.3 Å². The van der Waals surface area contributed by atoms with E-state index in [2.05, 4.69) is 4.98 Å². The Hall–Kier alpha value is -2.06. The topological polar surface area (TPSA) is 33.1 Å². The number of pyridine rings is 1. The molecule has 0 bridgehead atoms. The molecular formula is C15H10ClNO. The molecule has 18 heavy (non-hydrogen) atoms. The normalized spacial score (nSPS) is 10.7. The van der Waals surface area contributed by atoms with Gasteiger partial charge in [-0.1, -0.05) is 41.9 Å². The Morgan fingerprint density at radius 2 is 1.83 bits per heavy atom. The van der Waals surface area contributed by atoms with Crippen molar-refractivity contribution in [3.05, 3.63) is 59.9 Å². The maximum Gasteiger partial charge on any atom is 0.134 e. The molecule has 1 aromatic heterocycles. The van der Waals surface area contributed by atoms with Crippen LogP contribution in [-0.2, 0) is 0 Å². The average molecular weight is 256 g/mol. The predicted octanol–water partition coefficient (Wildman–Crippen LogP) is 4.26. The first-order valence-electron chi connectivity index (χ1n) is 5.57. The number of aromatic hydroxyl groups is 1. The van der Waals surface area contributed by atoms with E-state index in [0.717, 1.165) is 21.9 Å². The van der Waals surface area contributed by atoms with Gasteiger partial charge in [0.15, 0.2) is 0 Å². The summed E-state index contributed by atoms with van der Waals surface area (Å²) < 4.78 is 0. The van der Waals surface area contributed by atoms with Crippen LogP contribution in [0.2, 0.25) is 5.02 Å². The van der Waals surface area contributed by atoms with Crippen LogP contribution in [0.5, 0.6) is 5.75 Å². The fraction of sp³-hybridized carbons (Fsp3) is 0. The van der Waals surface area contributed by atoms with E-state index >= 15 is 0 Å². The molecule has 3 aromatic rings. The van der Waals surface area contributed by atoms with Crippen molar-refractivity contribution in [3.8, 4) is 16.9 Å². The van der Waals surface area contributed by atoms with Gasteiger partial charge < -0.3 is 5.11 Å². The van der Waals surface area contributed by atoms with Gasteiger partial charge >= 0.3 is 0 Å². The molecule has 0 aliphatic rings. The number of fused-ring (bicyclic) bond motifs is 1. The summed E-state index contributed by atoms with van der Waals surface area (Å²) >= 11 is 5.94. The second-order valence-electron chi connectivity index (χ2n) is 4.07. The summed E-state index contributed by atoms with van der Waals surface area (Å²) in [5.74, 6) is 0.0913. The predicted molar refractivity (Wildman–Crippen MR) is 73.9 cm³/mol. The zero-order chi connectivity index (χ0) is 12.5. The Morgan fingerprint density at radius 3 is 2.67 bits per heavy atom.